The number of hydrogen-bond donors (Lipinski definition) is 1. The van der Waals surface area contributed by atoms with E-state index in [1.54, 1.807) is 13.3 Å². The summed E-state index contributed by atoms with van der Waals surface area (Å²) in [5.74, 6) is 3.03. The highest BCUT2D eigenvalue weighted by molar-refractivity contribution is 7.99. The molecule has 0 bridgehead atoms. The molecule has 0 spiro atoms. The van der Waals surface area contributed by atoms with E-state index in [4.69, 9.17) is 4.74 Å². The Morgan fingerprint density at radius 3 is 2.62 bits per heavy atom. The quantitative estimate of drug-likeness (QED) is 0.385. The van der Waals surface area contributed by atoms with Gasteiger partial charge in [-0.1, -0.05) is 41.6 Å². The lowest BCUT2D eigenvalue weighted by atomic mass is 10.2. The molecule has 7 heteroatoms. The van der Waals surface area contributed by atoms with Crippen LogP contribution in [0, 0.1) is 6.92 Å². The van der Waals surface area contributed by atoms with Gasteiger partial charge < -0.3 is 10.1 Å². The van der Waals surface area contributed by atoms with Crippen molar-refractivity contribution in [2.45, 2.75) is 17.8 Å². The van der Waals surface area contributed by atoms with Crippen molar-refractivity contribution in [3.63, 3.8) is 0 Å². The predicted octanol–water partition coefficient (Wildman–Crippen LogP) is 4.33. The Kier molecular flexibility index (Phi) is 8.07. The maximum atomic E-state index is 12.1. The standard InChI is InChI=1S/C22H25N3O2S2/c1-17-3-5-18(6-4-17)15-28-14-12-23-21(26)16-29-22-24-11-13-25(22)19-7-9-20(27-2)10-8-19/h3-11,13H,12,14-16H2,1-2H3,(H,23,26). The molecule has 3 aromatic rings. The first-order chi connectivity index (χ1) is 14.2. The molecule has 0 atom stereocenters. The largest absolute Gasteiger partial charge is 0.497 e. The lowest BCUT2D eigenvalue weighted by Gasteiger charge is -2.09. The number of carbonyl (C=O) groups is 1. The summed E-state index contributed by atoms with van der Waals surface area (Å²) in [5.41, 5.74) is 3.57. The summed E-state index contributed by atoms with van der Waals surface area (Å²) in [6.45, 7) is 2.76. The first-order valence-electron chi connectivity index (χ1n) is 9.36. The fourth-order valence-corrected chi connectivity index (χ4v) is 4.28. The van der Waals surface area contributed by atoms with Crippen LogP contribution in [0.1, 0.15) is 11.1 Å². The number of aromatic nitrogens is 2. The highest BCUT2D eigenvalue weighted by atomic mass is 32.2. The zero-order valence-corrected chi connectivity index (χ0v) is 18.3. The zero-order chi connectivity index (χ0) is 20.5. The molecular formula is C22H25N3O2S2. The predicted molar refractivity (Wildman–Crippen MR) is 121 cm³/mol. The van der Waals surface area contributed by atoms with Crippen molar-refractivity contribution < 1.29 is 9.53 Å². The van der Waals surface area contributed by atoms with E-state index in [2.05, 4.69) is 41.5 Å². The molecule has 0 saturated heterocycles. The number of hydrogen-bond acceptors (Lipinski definition) is 5. The van der Waals surface area contributed by atoms with Crippen LogP contribution in [-0.4, -0.2) is 40.6 Å². The Morgan fingerprint density at radius 2 is 1.90 bits per heavy atom. The Balaban J connectivity index is 1.38. The minimum absolute atomic E-state index is 0.0233. The Hall–Kier alpha value is -2.38. The normalized spacial score (nSPS) is 10.7. The average molecular weight is 428 g/mol. The van der Waals surface area contributed by atoms with Crippen molar-refractivity contribution in [3.8, 4) is 11.4 Å². The number of methoxy groups -OCH3 is 1. The van der Waals surface area contributed by atoms with Crippen molar-refractivity contribution in [1.29, 1.82) is 0 Å². The monoisotopic (exact) mass is 427 g/mol. The third kappa shape index (κ3) is 6.58. The highest BCUT2D eigenvalue weighted by Crippen LogP contribution is 2.22. The van der Waals surface area contributed by atoms with Gasteiger partial charge in [-0.15, -0.1) is 0 Å². The fourth-order valence-electron chi connectivity index (χ4n) is 2.65. The van der Waals surface area contributed by atoms with Crippen LogP contribution in [0.5, 0.6) is 5.75 Å². The fraction of sp³-hybridized carbons (Fsp3) is 0.273. The second-order valence-electron chi connectivity index (χ2n) is 6.45. The zero-order valence-electron chi connectivity index (χ0n) is 16.6. The number of benzene rings is 2. The Labute approximate surface area is 180 Å². The highest BCUT2D eigenvalue weighted by Gasteiger charge is 2.09. The number of imidazole rings is 1. The minimum Gasteiger partial charge on any atom is -0.497 e. The van der Waals surface area contributed by atoms with Gasteiger partial charge in [-0.05, 0) is 36.8 Å². The molecule has 5 nitrogen and oxygen atoms in total. The van der Waals surface area contributed by atoms with E-state index in [1.165, 1.54) is 22.9 Å². The minimum atomic E-state index is 0.0233. The number of aryl methyl sites for hydroxylation is 1. The van der Waals surface area contributed by atoms with Crippen LogP contribution in [0.4, 0.5) is 0 Å². The SMILES string of the molecule is COc1ccc(-n2ccnc2SCC(=O)NCCSCc2ccc(C)cc2)cc1. The molecule has 1 heterocycles. The first-order valence-corrected chi connectivity index (χ1v) is 11.5. The van der Waals surface area contributed by atoms with Gasteiger partial charge in [0.15, 0.2) is 5.16 Å². The van der Waals surface area contributed by atoms with Crippen LogP contribution >= 0.6 is 23.5 Å². The lowest BCUT2D eigenvalue weighted by molar-refractivity contribution is -0.118. The van der Waals surface area contributed by atoms with E-state index < -0.39 is 0 Å². The lowest BCUT2D eigenvalue weighted by Crippen LogP contribution is -2.27. The molecule has 0 aliphatic rings. The van der Waals surface area contributed by atoms with Crippen LogP contribution in [0.15, 0.2) is 66.1 Å². The smallest absolute Gasteiger partial charge is 0.230 e. The summed E-state index contributed by atoms with van der Waals surface area (Å²) >= 11 is 3.25. The van der Waals surface area contributed by atoms with Crippen molar-refractivity contribution in [3.05, 3.63) is 72.1 Å². The molecule has 29 heavy (non-hydrogen) atoms. The number of thioether (sulfide) groups is 2. The topological polar surface area (TPSA) is 56.2 Å². The van der Waals surface area contributed by atoms with Crippen molar-refractivity contribution >= 4 is 29.4 Å². The van der Waals surface area contributed by atoms with Crippen molar-refractivity contribution in [2.24, 2.45) is 0 Å². The molecule has 0 aliphatic carbocycles. The Morgan fingerprint density at radius 1 is 1.14 bits per heavy atom. The molecule has 1 aromatic heterocycles. The number of nitrogens with one attached hydrogen (secondary N) is 1. The molecule has 0 aliphatic heterocycles. The molecule has 0 radical (unpaired) electrons. The van der Waals surface area contributed by atoms with Crippen LogP contribution in [-0.2, 0) is 10.5 Å². The van der Waals surface area contributed by atoms with E-state index in [-0.39, 0.29) is 5.91 Å². The van der Waals surface area contributed by atoms with Crippen molar-refractivity contribution in [1.82, 2.24) is 14.9 Å². The second-order valence-corrected chi connectivity index (χ2v) is 8.50. The van der Waals surface area contributed by atoms with Gasteiger partial charge in [0, 0.05) is 36.1 Å². The van der Waals surface area contributed by atoms with Gasteiger partial charge in [-0.3, -0.25) is 9.36 Å². The van der Waals surface area contributed by atoms with Gasteiger partial charge in [-0.2, -0.15) is 11.8 Å². The second kappa shape index (κ2) is 11.0. The summed E-state index contributed by atoms with van der Waals surface area (Å²) < 4.78 is 7.16. The molecule has 1 N–H and O–H groups in total. The van der Waals surface area contributed by atoms with Crippen LogP contribution in [0.3, 0.4) is 0 Å². The van der Waals surface area contributed by atoms with Gasteiger partial charge >= 0.3 is 0 Å². The number of amides is 1. The molecular weight excluding hydrogens is 402 g/mol. The molecule has 3 rings (SSSR count). The summed E-state index contributed by atoms with van der Waals surface area (Å²) in [6.07, 6.45) is 3.63. The van der Waals surface area contributed by atoms with E-state index in [1.807, 2.05) is 46.8 Å². The number of rotatable bonds is 10. The van der Waals surface area contributed by atoms with Gasteiger partial charge in [0.2, 0.25) is 5.91 Å². The molecule has 0 saturated carbocycles. The maximum absolute atomic E-state index is 12.1. The van der Waals surface area contributed by atoms with Gasteiger partial charge in [0.25, 0.3) is 0 Å². The van der Waals surface area contributed by atoms with Gasteiger partial charge in [0.05, 0.1) is 12.9 Å². The van der Waals surface area contributed by atoms with Crippen molar-refractivity contribution in [2.75, 3.05) is 25.2 Å². The van der Waals surface area contributed by atoms with Gasteiger partial charge in [0.1, 0.15) is 5.75 Å². The summed E-state index contributed by atoms with van der Waals surface area (Å²) in [7, 11) is 1.65. The summed E-state index contributed by atoms with van der Waals surface area (Å²) in [6, 6.07) is 16.3. The van der Waals surface area contributed by atoms with Crippen LogP contribution in [0.2, 0.25) is 0 Å². The Bertz CT molecular complexity index is 909. The average Bonchev–Trinajstić information content (AvgIpc) is 3.22. The first kappa shape index (κ1) is 21.3. The number of ether oxygens (including phenoxy) is 1. The van der Waals surface area contributed by atoms with Gasteiger partial charge in [-0.25, -0.2) is 4.98 Å². The summed E-state index contributed by atoms with van der Waals surface area (Å²) in [5, 5.41) is 3.77. The van der Waals surface area contributed by atoms with E-state index in [0.717, 1.165) is 28.1 Å². The molecule has 152 valence electrons. The van der Waals surface area contributed by atoms with E-state index in [0.29, 0.717) is 12.3 Å². The maximum Gasteiger partial charge on any atom is 0.230 e. The van der Waals surface area contributed by atoms with Crippen LogP contribution in [0.25, 0.3) is 5.69 Å². The number of carbonyl (C=O) groups excluding carboxylic acids is 1. The third-order valence-electron chi connectivity index (χ3n) is 4.25. The van der Waals surface area contributed by atoms with Crippen LogP contribution < -0.4 is 10.1 Å². The molecule has 0 unspecified atom stereocenters. The molecule has 2 aromatic carbocycles. The van der Waals surface area contributed by atoms with E-state index >= 15 is 0 Å². The number of nitrogens with zero attached hydrogens (tertiary/aromatic N) is 2. The van der Waals surface area contributed by atoms with E-state index in [9.17, 15) is 4.79 Å². The molecule has 1 amide bonds. The molecule has 0 fully saturated rings. The third-order valence-corrected chi connectivity index (χ3v) is 6.24. The summed E-state index contributed by atoms with van der Waals surface area (Å²) in [4.78, 5) is 16.5.